The second-order valence-electron chi connectivity index (χ2n) is 5.40. The van der Waals surface area contributed by atoms with Gasteiger partial charge in [0.05, 0.1) is 25.9 Å². The maximum Gasteiger partial charge on any atom is 0.0900 e. The highest BCUT2D eigenvalue weighted by Gasteiger charge is 2.27. The van der Waals surface area contributed by atoms with Gasteiger partial charge in [-0.15, -0.1) is 0 Å². The number of piperidine rings is 1. The molecule has 5 nitrogen and oxygen atoms in total. The van der Waals surface area contributed by atoms with Crippen LogP contribution < -0.4 is 5.73 Å². The van der Waals surface area contributed by atoms with Crippen LogP contribution >= 0.6 is 0 Å². The number of rotatable bonds is 9. The number of aliphatic hydroxyl groups is 1. The summed E-state index contributed by atoms with van der Waals surface area (Å²) in [6.07, 6.45) is 3.16. The first kappa shape index (κ1) is 16.9. The van der Waals surface area contributed by atoms with Crippen LogP contribution in [0.15, 0.2) is 0 Å². The van der Waals surface area contributed by atoms with E-state index < -0.39 is 6.10 Å². The molecule has 1 saturated heterocycles. The van der Waals surface area contributed by atoms with Gasteiger partial charge in [0.2, 0.25) is 0 Å². The van der Waals surface area contributed by atoms with Crippen LogP contribution in [0.25, 0.3) is 0 Å². The topological polar surface area (TPSA) is 68.0 Å². The molecule has 0 aromatic carbocycles. The first-order valence-electron chi connectivity index (χ1n) is 7.40. The summed E-state index contributed by atoms with van der Waals surface area (Å²) >= 11 is 0. The molecule has 3 N–H and O–H groups in total. The Bertz CT molecular complexity index is 229. The number of aliphatic hydroxyl groups excluding tert-OH is 1. The van der Waals surface area contributed by atoms with E-state index in [9.17, 15) is 5.11 Å². The Morgan fingerprint density at radius 1 is 1.42 bits per heavy atom. The van der Waals surface area contributed by atoms with E-state index in [2.05, 4.69) is 11.8 Å². The van der Waals surface area contributed by atoms with E-state index in [1.165, 1.54) is 12.8 Å². The molecule has 1 rings (SSSR count). The van der Waals surface area contributed by atoms with Crippen molar-refractivity contribution in [3.8, 4) is 0 Å². The van der Waals surface area contributed by atoms with Gasteiger partial charge >= 0.3 is 0 Å². The zero-order chi connectivity index (χ0) is 14.1. The highest BCUT2D eigenvalue weighted by atomic mass is 16.5. The number of β-amino-alcohol motifs (C(OH)–C–C–N with tert-alkyl or cyclic N) is 1. The van der Waals surface area contributed by atoms with Gasteiger partial charge in [-0.3, -0.25) is 4.90 Å². The van der Waals surface area contributed by atoms with E-state index in [1.807, 2.05) is 0 Å². The maximum absolute atomic E-state index is 9.99. The van der Waals surface area contributed by atoms with E-state index in [1.54, 1.807) is 7.11 Å². The first-order valence-corrected chi connectivity index (χ1v) is 7.40. The Morgan fingerprint density at radius 3 is 2.84 bits per heavy atom. The molecule has 0 amide bonds. The summed E-state index contributed by atoms with van der Waals surface area (Å²) in [5, 5.41) is 9.99. The molecule has 0 aromatic rings. The van der Waals surface area contributed by atoms with Crippen molar-refractivity contribution in [1.82, 2.24) is 4.90 Å². The molecule has 1 fully saturated rings. The summed E-state index contributed by atoms with van der Waals surface area (Å²) < 4.78 is 10.3. The molecule has 0 bridgehead atoms. The minimum absolute atomic E-state index is 0.369. The fourth-order valence-electron chi connectivity index (χ4n) is 2.72. The molecule has 0 radical (unpaired) electrons. The van der Waals surface area contributed by atoms with Crippen molar-refractivity contribution in [2.24, 2.45) is 11.7 Å². The zero-order valence-corrected chi connectivity index (χ0v) is 12.4. The minimum Gasteiger partial charge on any atom is -0.389 e. The van der Waals surface area contributed by atoms with Crippen molar-refractivity contribution in [2.45, 2.75) is 38.3 Å². The second kappa shape index (κ2) is 9.66. The Hall–Kier alpha value is -0.200. The van der Waals surface area contributed by atoms with Crippen LogP contribution in [0.4, 0.5) is 0 Å². The van der Waals surface area contributed by atoms with Gasteiger partial charge in [-0.05, 0) is 25.3 Å². The highest BCUT2D eigenvalue weighted by molar-refractivity contribution is 4.83. The number of nitrogens with two attached hydrogens (primary N) is 1. The molecular weight excluding hydrogens is 244 g/mol. The third-order valence-corrected chi connectivity index (χ3v) is 3.98. The smallest absolute Gasteiger partial charge is 0.0900 e. The van der Waals surface area contributed by atoms with Gasteiger partial charge in [0, 0.05) is 26.2 Å². The third kappa shape index (κ3) is 6.19. The first-order chi connectivity index (χ1) is 9.21. The minimum atomic E-state index is -0.441. The number of methoxy groups -OCH3 is 1. The molecule has 5 heteroatoms. The largest absolute Gasteiger partial charge is 0.389 e. The SMILES string of the molecule is CCC1CCN(CC(O)COCCOC)C(CN)C1. The lowest BCUT2D eigenvalue weighted by Gasteiger charge is -2.39. The maximum atomic E-state index is 9.99. The molecule has 0 spiro atoms. The number of likely N-dealkylation sites (tertiary alicyclic amines) is 1. The Morgan fingerprint density at radius 2 is 2.21 bits per heavy atom. The summed E-state index contributed by atoms with van der Waals surface area (Å²) in [6, 6.07) is 0.410. The van der Waals surface area contributed by atoms with Gasteiger partial charge < -0.3 is 20.3 Å². The van der Waals surface area contributed by atoms with E-state index in [4.69, 9.17) is 15.2 Å². The average molecular weight is 274 g/mol. The van der Waals surface area contributed by atoms with Crippen LogP contribution in [-0.2, 0) is 9.47 Å². The summed E-state index contributed by atoms with van der Waals surface area (Å²) in [7, 11) is 1.64. The lowest BCUT2D eigenvalue weighted by molar-refractivity contribution is -0.0139. The van der Waals surface area contributed by atoms with E-state index in [0.717, 1.165) is 18.9 Å². The van der Waals surface area contributed by atoms with Crippen molar-refractivity contribution in [2.75, 3.05) is 46.6 Å². The summed E-state index contributed by atoms with van der Waals surface area (Å²) in [6.45, 7) is 6.08. The van der Waals surface area contributed by atoms with Crippen LogP contribution in [0, 0.1) is 5.92 Å². The van der Waals surface area contributed by atoms with Crippen molar-refractivity contribution in [3.63, 3.8) is 0 Å². The summed E-state index contributed by atoms with van der Waals surface area (Å²) in [4.78, 5) is 2.32. The number of hydrogen-bond acceptors (Lipinski definition) is 5. The fourth-order valence-corrected chi connectivity index (χ4v) is 2.72. The molecule has 1 aliphatic heterocycles. The number of hydrogen-bond donors (Lipinski definition) is 2. The predicted octanol–water partition coefficient (Wildman–Crippen LogP) is 0.460. The Kier molecular flexibility index (Phi) is 8.57. The Labute approximate surface area is 117 Å². The summed E-state index contributed by atoms with van der Waals surface area (Å²) in [5.74, 6) is 0.792. The predicted molar refractivity (Wildman–Crippen MR) is 76.1 cm³/mol. The fraction of sp³-hybridized carbons (Fsp3) is 1.00. The normalized spacial score (nSPS) is 26.5. The quantitative estimate of drug-likeness (QED) is 0.598. The van der Waals surface area contributed by atoms with Crippen LogP contribution in [-0.4, -0.2) is 68.7 Å². The molecule has 114 valence electrons. The lowest BCUT2D eigenvalue weighted by atomic mass is 9.89. The molecule has 0 aliphatic carbocycles. The van der Waals surface area contributed by atoms with E-state index in [-0.39, 0.29) is 0 Å². The molecule has 3 atom stereocenters. The van der Waals surface area contributed by atoms with Crippen molar-refractivity contribution in [1.29, 1.82) is 0 Å². The molecule has 0 aromatic heterocycles. The lowest BCUT2D eigenvalue weighted by Crippen LogP contribution is -2.49. The van der Waals surface area contributed by atoms with Crippen LogP contribution in [0.3, 0.4) is 0 Å². The molecule has 0 saturated carbocycles. The molecule has 1 heterocycles. The molecule has 19 heavy (non-hydrogen) atoms. The van der Waals surface area contributed by atoms with Gasteiger partial charge in [-0.2, -0.15) is 0 Å². The average Bonchev–Trinajstić information content (AvgIpc) is 2.44. The van der Waals surface area contributed by atoms with Crippen LogP contribution in [0.1, 0.15) is 26.2 Å². The third-order valence-electron chi connectivity index (χ3n) is 3.98. The van der Waals surface area contributed by atoms with Crippen LogP contribution in [0.2, 0.25) is 0 Å². The van der Waals surface area contributed by atoms with Crippen molar-refractivity contribution >= 4 is 0 Å². The highest BCUT2D eigenvalue weighted by Crippen LogP contribution is 2.24. The van der Waals surface area contributed by atoms with Gasteiger partial charge in [0.1, 0.15) is 0 Å². The summed E-state index contributed by atoms with van der Waals surface area (Å²) in [5.41, 5.74) is 5.85. The molecule has 1 aliphatic rings. The zero-order valence-electron chi connectivity index (χ0n) is 12.4. The van der Waals surface area contributed by atoms with Gasteiger partial charge in [0.25, 0.3) is 0 Å². The van der Waals surface area contributed by atoms with Crippen LogP contribution in [0.5, 0.6) is 0 Å². The van der Waals surface area contributed by atoms with Gasteiger partial charge in [0.15, 0.2) is 0 Å². The van der Waals surface area contributed by atoms with E-state index in [0.29, 0.717) is 39.0 Å². The molecule has 3 unspecified atom stereocenters. The monoisotopic (exact) mass is 274 g/mol. The van der Waals surface area contributed by atoms with E-state index >= 15 is 0 Å². The van der Waals surface area contributed by atoms with Crippen molar-refractivity contribution < 1.29 is 14.6 Å². The molecular formula is C14H30N2O3. The van der Waals surface area contributed by atoms with Gasteiger partial charge in [-0.1, -0.05) is 13.3 Å². The van der Waals surface area contributed by atoms with Gasteiger partial charge in [-0.25, -0.2) is 0 Å². The standard InChI is InChI=1S/C14H30N2O3/c1-3-12-4-5-16(13(8-12)9-15)10-14(17)11-19-7-6-18-2/h12-14,17H,3-11,15H2,1-2H3. The van der Waals surface area contributed by atoms with Crippen molar-refractivity contribution in [3.05, 3.63) is 0 Å². The second-order valence-corrected chi connectivity index (χ2v) is 5.40. The number of ether oxygens (including phenoxy) is 2. The number of nitrogens with zero attached hydrogens (tertiary/aromatic N) is 1. The Balaban J connectivity index is 2.26.